The van der Waals surface area contributed by atoms with Gasteiger partial charge in [0.15, 0.2) is 0 Å². The lowest BCUT2D eigenvalue weighted by Crippen LogP contribution is -2.38. The van der Waals surface area contributed by atoms with Crippen LogP contribution in [0, 0.1) is 5.92 Å². The maximum absolute atomic E-state index is 11.7. The molecule has 2 heterocycles. The van der Waals surface area contributed by atoms with Gasteiger partial charge in [0.05, 0.1) is 7.11 Å². The minimum absolute atomic E-state index is 0.133. The minimum atomic E-state index is 0.133. The molecule has 0 spiro atoms. The Morgan fingerprint density at radius 3 is 3.00 bits per heavy atom. The molecule has 0 saturated carbocycles. The van der Waals surface area contributed by atoms with E-state index in [1.807, 2.05) is 30.5 Å². The van der Waals surface area contributed by atoms with Crippen LogP contribution < -0.4 is 9.64 Å². The van der Waals surface area contributed by atoms with Crippen molar-refractivity contribution in [3.05, 3.63) is 30.5 Å². The molecule has 1 aromatic carbocycles. The fraction of sp³-hybridized carbons (Fsp3) is 0.412. The van der Waals surface area contributed by atoms with Gasteiger partial charge in [-0.1, -0.05) is 0 Å². The number of anilines is 1. The zero-order valence-electron chi connectivity index (χ0n) is 12.5. The molecule has 2 aromatic rings. The first-order valence-electron chi connectivity index (χ1n) is 7.37. The van der Waals surface area contributed by atoms with Crippen molar-refractivity contribution in [1.82, 2.24) is 4.98 Å². The molecule has 0 bridgehead atoms. The van der Waals surface area contributed by atoms with Crippen LogP contribution >= 0.6 is 0 Å². The molecule has 4 nitrogen and oxygen atoms in total. The average Bonchev–Trinajstić information content (AvgIpc) is 2.53. The van der Waals surface area contributed by atoms with E-state index in [0.29, 0.717) is 0 Å². The van der Waals surface area contributed by atoms with E-state index in [9.17, 15) is 4.79 Å². The van der Waals surface area contributed by atoms with Crippen LogP contribution in [0.25, 0.3) is 10.8 Å². The minimum Gasteiger partial charge on any atom is -0.497 e. The molecule has 1 aromatic heterocycles. The third kappa shape index (κ3) is 2.71. The monoisotopic (exact) mass is 284 g/mol. The number of hydrogen-bond donors (Lipinski definition) is 0. The van der Waals surface area contributed by atoms with E-state index < -0.39 is 0 Å². The van der Waals surface area contributed by atoms with Crippen molar-refractivity contribution in [3.63, 3.8) is 0 Å². The summed E-state index contributed by atoms with van der Waals surface area (Å²) in [6, 6.07) is 8.02. The van der Waals surface area contributed by atoms with Crippen molar-refractivity contribution >= 4 is 22.4 Å². The van der Waals surface area contributed by atoms with E-state index >= 15 is 0 Å². The number of piperidine rings is 1. The summed E-state index contributed by atoms with van der Waals surface area (Å²) in [4.78, 5) is 18.5. The van der Waals surface area contributed by atoms with Crippen molar-refractivity contribution in [2.24, 2.45) is 5.92 Å². The van der Waals surface area contributed by atoms with Crippen LogP contribution in [0.4, 0.5) is 5.82 Å². The summed E-state index contributed by atoms with van der Waals surface area (Å²) in [5.41, 5.74) is 0. The molecule has 0 N–H and O–H groups in total. The Morgan fingerprint density at radius 2 is 2.24 bits per heavy atom. The second-order valence-electron chi connectivity index (χ2n) is 5.62. The van der Waals surface area contributed by atoms with Crippen LogP contribution in [-0.4, -0.2) is 31.0 Å². The highest BCUT2D eigenvalue weighted by Gasteiger charge is 2.24. The largest absolute Gasteiger partial charge is 0.497 e. The molecular formula is C17H20N2O2. The third-order valence-electron chi connectivity index (χ3n) is 4.25. The summed E-state index contributed by atoms with van der Waals surface area (Å²) in [5, 5.41) is 2.23. The summed E-state index contributed by atoms with van der Waals surface area (Å²) in [6.07, 6.45) is 3.86. The zero-order chi connectivity index (χ0) is 14.8. The Kier molecular flexibility index (Phi) is 3.78. The van der Waals surface area contributed by atoms with E-state index in [4.69, 9.17) is 4.74 Å². The Balaban J connectivity index is 1.98. The van der Waals surface area contributed by atoms with Gasteiger partial charge in [-0.05, 0) is 49.4 Å². The molecule has 1 saturated heterocycles. The van der Waals surface area contributed by atoms with Gasteiger partial charge in [-0.2, -0.15) is 0 Å². The molecule has 1 fully saturated rings. The van der Waals surface area contributed by atoms with E-state index in [2.05, 4.69) is 9.88 Å². The van der Waals surface area contributed by atoms with Crippen molar-refractivity contribution < 1.29 is 9.53 Å². The highest BCUT2D eigenvalue weighted by atomic mass is 16.5. The number of methoxy groups -OCH3 is 1. The van der Waals surface area contributed by atoms with Gasteiger partial charge in [-0.3, -0.25) is 4.79 Å². The summed E-state index contributed by atoms with van der Waals surface area (Å²) < 4.78 is 5.28. The number of aromatic nitrogens is 1. The number of carbonyl (C=O) groups is 1. The molecule has 1 unspecified atom stereocenters. The molecule has 1 atom stereocenters. The summed E-state index contributed by atoms with van der Waals surface area (Å²) in [6.45, 7) is 3.42. The molecule has 0 amide bonds. The predicted octanol–water partition coefficient (Wildman–Crippen LogP) is 3.05. The lowest BCUT2D eigenvalue weighted by atomic mass is 9.94. The van der Waals surface area contributed by atoms with Crippen molar-refractivity contribution in [3.8, 4) is 5.75 Å². The number of pyridine rings is 1. The van der Waals surface area contributed by atoms with Crippen LogP contribution in [0.15, 0.2) is 30.5 Å². The first-order chi connectivity index (χ1) is 10.2. The van der Waals surface area contributed by atoms with Gasteiger partial charge in [0.25, 0.3) is 0 Å². The fourth-order valence-corrected chi connectivity index (χ4v) is 3.02. The van der Waals surface area contributed by atoms with Gasteiger partial charge in [0, 0.05) is 30.6 Å². The SMILES string of the molecule is COc1ccc2c(N3CCCC(C(C)=O)C3)nccc2c1. The van der Waals surface area contributed by atoms with E-state index in [1.165, 1.54) is 0 Å². The van der Waals surface area contributed by atoms with Crippen LogP contribution in [0.1, 0.15) is 19.8 Å². The molecule has 0 radical (unpaired) electrons. The van der Waals surface area contributed by atoms with Crippen molar-refractivity contribution in [2.45, 2.75) is 19.8 Å². The molecule has 1 aliphatic heterocycles. The Labute approximate surface area is 124 Å². The van der Waals surface area contributed by atoms with Gasteiger partial charge >= 0.3 is 0 Å². The molecule has 21 heavy (non-hydrogen) atoms. The summed E-state index contributed by atoms with van der Waals surface area (Å²) in [7, 11) is 1.67. The fourth-order valence-electron chi connectivity index (χ4n) is 3.02. The van der Waals surface area contributed by atoms with Gasteiger partial charge in [-0.15, -0.1) is 0 Å². The smallest absolute Gasteiger partial charge is 0.136 e. The predicted molar refractivity (Wildman–Crippen MR) is 83.9 cm³/mol. The standard InChI is InChI=1S/C17H20N2O2/c1-12(20)14-4-3-9-19(11-14)17-16-6-5-15(21-2)10-13(16)7-8-18-17/h5-8,10,14H,3-4,9,11H2,1-2H3. The molecular weight excluding hydrogens is 264 g/mol. The number of ether oxygens (including phenoxy) is 1. The Hall–Kier alpha value is -2.10. The maximum atomic E-state index is 11.7. The number of benzene rings is 1. The molecule has 4 heteroatoms. The number of nitrogens with zero attached hydrogens (tertiary/aromatic N) is 2. The molecule has 3 rings (SSSR count). The molecule has 110 valence electrons. The Bertz CT molecular complexity index is 669. The van der Waals surface area contributed by atoms with Gasteiger partial charge in [0.2, 0.25) is 0 Å². The van der Waals surface area contributed by atoms with Crippen LogP contribution in [0.5, 0.6) is 5.75 Å². The third-order valence-corrected chi connectivity index (χ3v) is 4.25. The van der Waals surface area contributed by atoms with E-state index in [-0.39, 0.29) is 11.7 Å². The normalized spacial score (nSPS) is 18.8. The highest BCUT2D eigenvalue weighted by molar-refractivity contribution is 5.93. The number of fused-ring (bicyclic) bond motifs is 1. The Morgan fingerprint density at radius 1 is 1.38 bits per heavy atom. The second-order valence-corrected chi connectivity index (χ2v) is 5.62. The lowest BCUT2D eigenvalue weighted by molar-refractivity contribution is -0.120. The van der Waals surface area contributed by atoms with Gasteiger partial charge in [-0.25, -0.2) is 4.98 Å². The van der Waals surface area contributed by atoms with Gasteiger partial charge < -0.3 is 9.64 Å². The number of ketones is 1. The second kappa shape index (κ2) is 5.72. The number of carbonyl (C=O) groups excluding carboxylic acids is 1. The lowest BCUT2D eigenvalue weighted by Gasteiger charge is -2.33. The topological polar surface area (TPSA) is 42.4 Å². The first-order valence-corrected chi connectivity index (χ1v) is 7.37. The van der Waals surface area contributed by atoms with Crippen LogP contribution in [0.2, 0.25) is 0 Å². The molecule has 0 aliphatic carbocycles. The number of Topliss-reactive ketones (excluding diaryl/α,β-unsaturated/α-hetero) is 1. The quantitative estimate of drug-likeness (QED) is 0.869. The highest BCUT2D eigenvalue weighted by Crippen LogP contribution is 2.30. The van der Waals surface area contributed by atoms with Gasteiger partial charge in [0.1, 0.15) is 17.4 Å². The number of hydrogen-bond acceptors (Lipinski definition) is 4. The average molecular weight is 284 g/mol. The van der Waals surface area contributed by atoms with Crippen molar-refractivity contribution in [1.29, 1.82) is 0 Å². The summed E-state index contributed by atoms with van der Waals surface area (Å²) in [5.74, 6) is 2.23. The van der Waals surface area contributed by atoms with Crippen LogP contribution in [-0.2, 0) is 4.79 Å². The first kappa shape index (κ1) is 13.9. The van der Waals surface area contributed by atoms with Crippen LogP contribution in [0.3, 0.4) is 0 Å². The van der Waals surface area contributed by atoms with E-state index in [0.717, 1.165) is 48.3 Å². The zero-order valence-corrected chi connectivity index (χ0v) is 12.5. The summed E-state index contributed by atoms with van der Waals surface area (Å²) >= 11 is 0. The number of rotatable bonds is 3. The van der Waals surface area contributed by atoms with E-state index in [1.54, 1.807) is 14.0 Å². The molecule has 1 aliphatic rings. The maximum Gasteiger partial charge on any atom is 0.136 e. The van der Waals surface area contributed by atoms with Crippen molar-refractivity contribution in [2.75, 3.05) is 25.1 Å².